The van der Waals surface area contributed by atoms with Gasteiger partial charge in [0.15, 0.2) is 5.78 Å². The Balaban J connectivity index is 1.26. The van der Waals surface area contributed by atoms with Crippen molar-refractivity contribution in [3.05, 3.63) is 81.9 Å². The maximum absolute atomic E-state index is 13.1. The van der Waals surface area contributed by atoms with Crippen molar-refractivity contribution in [2.75, 3.05) is 39.6 Å². The summed E-state index contributed by atoms with van der Waals surface area (Å²) >= 11 is 0. The number of Topliss-reactive ketones (excluding diaryl/α,β-unsaturated/α-hetero) is 1. The SMILES string of the molecule is C=C(C)C(CCC=O)N1Cc2c(CCCOCCOCCOCCCc3cccc(C(C)=O)c3CC)cccc2C1=O. The average Bonchev–Trinajstić information content (AvgIpc) is 3.31. The lowest BCUT2D eigenvalue weighted by Gasteiger charge is -2.28. The third-order valence-electron chi connectivity index (χ3n) is 7.82. The van der Waals surface area contributed by atoms with Crippen molar-refractivity contribution in [3.63, 3.8) is 0 Å². The van der Waals surface area contributed by atoms with Gasteiger partial charge in [-0.3, -0.25) is 9.59 Å². The molecule has 0 aliphatic carbocycles. The van der Waals surface area contributed by atoms with Gasteiger partial charge in [-0.05, 0) is 80.7 Å². The van der Waals surface area contributed by atoms with Crippen LogP contribution in [0.1, 0.15) is 89.4 Å². The highest BCUT2D eigenvalue weighted by Crippen LogP contribution is 2.31. The summed E-state index contributed by atoms with van der Waals surface area (Å²) in [7, 11) is 0. The van der Waals surface area contributed by atoms with Crippen LogP contribution in [-0.2, 0) is 44.8 Å². The molecule has 7 nitrogen and oxygen atoms in total. The lowest BCUT2D eigenvalue weighted by Crippen LogP contribution is -2.36. The Morgan fingerprint density at radius 3 is 2.12 bits per heavy atom. The molecule has 7 heteroatoms. The third kappa shape index (κ3) is 9.45. The Kier molecular flexibility index (Phi) is 14.1. The lowest BCUT2D eigenvalue weighted by molar-refractivity contribution is -0.108. The Morgan fingerprint density at radius 2 is 1.52 bits per heavy atom. The summed E-state index contributed by atoms with van der Waals surface area (Å²) in [5.41, 5.74) is 7.14. The number of rotatable bonds is 21. The van der Waals surface area contributed by atoms with Crippen LogP contribution in [0.3, 0.4) is 0 Å². The number of ketones is 1. The second-order valence-corrected chi connectivity index (χ2v) is 10.9. The molecule has 0 saturated heterocycles. The summed E-state index contributed by atoms with van der Waals surface area (Å²) in [6, 6.07) is 11.8. The highest BCUT2D eigenvalue weighted by atomic mass is 16.5. The van der Waals surface area contributed by atoms with Crippen molar-refractivity contribution in [1.82, 2.24) is 4.90 Å². The van der Waals surface area contributed by atoms with Gasteiger partial charge in [-0.25, -0.2) is 0 Å². The smallest absolute Gasteiger partial charge is 0.255 e. The van der Waals surface area contributed by atoms with Gasteiger partial charge in [0.2, 0.25) is 0 Å². The summed E-state index contributed by atoms with van der Waals surface area (Å²) in [5, 5.41) is 0. The molecule has 0 spiro atoms. The van der Waals surface area contributed by atoms with Gasteiger partial charge >= 0.3 is 0 Å². The van der Waals surface area contributed by atoms with E-state index in [1.807, 2.05) is 36.1 Å². The normalized spacial score (nSPS) is 13.3. The molecule has 0 N–H and O–H groups in total. The van der Waals surface area contributed by atoms with Gasteiger partial charge in [0.25, 0.3) is 5.91 Å². The first-order valence-corrected chi connectivity index (χ1v) is 15.2. The third-order valence-corrected chi connectivity index (χ3v) is 7.82. The van der Waals surface area contributed by atoms with E-state index in [-0.39, 0.29) is 17.7 Å². The molecule has 0 bridgehead atoms. The van der Waals surface area contributed by atoms with Crippen molar-refractivity contribution < 1.29 is 28.6 Å². The maximum atomic E-state index is 13.1. The molecule has 1 aliphatic rings. The van der Waals surface area contributed by atoms with Gasteiger partial charge in [0, 0.05) is 37.3 Å². The molecule has 0 fully saturated rings. The number of carbonyl (C=O) groups excluding carboxylic acids is 3. The van der Waals surface area contributed by atoms with E-state index in [4.69, 9.17) is 14.2 Å². The molecule has 3 rings (SSSR count). The number of carbonyl (C=O) groups is 3. The number of hydrogen-bond donors (Lipinski definition) is 0. The second kappa shape index (κ2) is 17.7. The van der Waals surface area contributed by atoms with Crippen LogP contribution in [-0.4, -0.2) is 68.6 Å². The monoisotopic (exact) mass is 577 g/mol. The minimum absolute atomic E-state index is 0.0215. The van der Waals surface area contributed by atoms with Gasteiger partial charge in [0.05, 0.1) is 32.5 Å². The molecule has 1 aliphatic heterocycles. The van der Waals surface area contributed by atoms with E-state index in [1.54, 1.807) is 6.92 Å². The van der Waals surface area contributed by atoms with E-state index in [0.717, 1.165) is 66.2 Å². The average molecular weight is 578 g/mol. The summed E-state index contributed by atoms with van der Waals surface area (Å²) < 4.78 is 17.1. The van der Waals surface area contributed by atoms with Crippen molar-refractivity contribution in [2.24, 2.45) is 0 Å². The quantitative estimate of drug-likeness (QED) is 0.0790. The van der Waals surface area contributed by atoms with E-state index in [0.29, 0.717) is 59.0 Å². The number of fused-ring (bicyclic) bond motifs is 1. The Bertz CT molecular complexity index is 1210. The van der Waals surface area contributed by atoms with Crippen LogP contribution in [0.4, 0.5) is 0 Å². The molecule has 2 aromatic carbocycles. The van der Waals surface area contributed by atoms with E-state index in [2.05, 4.69) is 25.6 Å². The summed E-state index contributed by atoms with van der Waals surface area (Å²) in [4.78, 5) is 37.7. The van der Waals surface area contributed by atoms with Gasteiger partial charge in [-0.15, -0.1) is 0 Å². The maximum Gasteiger partial charge on any atom is 0.255 e. The zero-order valence-corrected chi connectivity index (χ0v) is 25.6. The zero-order chi connectivity index (χ0) is 30.3. The highest BCUT2D eigenvalue weighted by molar-refractivity contribution is 5.99. The fourth-order valence-electron chi connectivity index (χ4n) is 5.69. The molecule has 0 saturated carbocycles. The predicted molar refractivity (Wildman–Crippen MR) is 165 cm³/mol. The van der Waals surface area contributed by atoms with Crippen LogP contribution >= 0.6 is 0 Å². The van der Waals surface area contributed by atoms with Gasteiger partial charge < -0.3 is 23.9 Å². The molecule has 1 heterocycles. The molecule has 2 aromatic rings. The van der Waals surface area contributed by atoms with Gasteiger partial charge in [-0.2, -0.15) is 0 Å². The van der Waals surface area contributed by atoms with E-state index in [1.165, 1.54) is 11.1 Å². The van der Waals surface area contributed by atoms with Crippen LogP contribution < -0.4 is 0 Å². The van der Waals surface area contributed by atoms with E-state index >= 15 is 0 Å². The molecular weight excluding hydrogens is 530 g/mol. The van der Waals surface area contributed by atoms with Crippen molar-refractivity contribution >= 4 is 18.0 Å². The molecule has 1 unspecified atom stereocenters. The Labute approximate surface area is 251 Å². The van der Waals surface area contributed by atoms with Crippen LogP contribution in [0.2, 0.25) is 0 Å². The zero-order valence-electron chi connectivity index (χ0n) is 25.6. The topological polar surface area (TPSA) is 82.1 Å². The standard InChI is InChI=1S/C35H47NO6/c1-5-30-28(11-6-15-31(30)27(4)38)13-9-19-40-21-23-42-24-22-41-20-10-14-29-12-7-16-32-33(29)25-36(35(32)39)34(26(2)3)17-8-18-37/h6-7,11-12,15-16,18,34H,2,5,8-10,13-14,17,19-25H2,1,3-4H3. The molecule has 0 radical (unpaired) electrons. The van der Waals surface area contributed by atoms with E-state index in [9.17, 15) is 14.4 Å². The Morgan fingerprint density at radius 1 is 0.929 bits per heavy atom. The number of amides is 1. The number of aryl methyl sites for hydroxylation is 2. The molecule has 42 heavy (non-hydrogen) atoms. The number of benzene rings is 2. The first-order valence-electron chi connectivity index (χ1n) is 15.2. The fraction of sp³-hybridized carbons (Fsp3) is 0.514. The Hall–Kier alpha value is -3.13. The highest BCUT2D eigenvalue weighted by Gasteiger charge is 2.33. The van der Waals surface area contributed by atoms with E-state index < -0.39 is 0 Å². The van der Waals surface area contributed by atoms with Gasteiger partial charge in [-0.1, -0.05) is 49.4 Å². The number of aldehydes is 1. The number of nitrogens with zero attached hydrogens (tertiary/aromatic N) is 1. The van der Waals surface area contributed by atoms with Crippen molar-refractivity contribution in [2.45, 2.75) is 78.3 Å². The molecule has 228 valence electrons. The summed E-state index contributed by atoms with van der Waals surface area (Å²) in [6.07, 6.45) is 6.28. The van der Waals surface area contributed by atoms with Crippen molar-refractivity contribution in [3.8, 4) is 0 Å². The summed E-state index contributed by atoms with van der Waals surface area (Å²) in [5.74, 6) is 0.143. The number of hydrogen-bond acceptors (Lipinski definition) is 6. The van der Waals surface area contributed by atoms with Crippen LogP contribution in [0.5, 0.6) is 0 Å². The minimum atomic E-state index is -0.123. The summed E-state index contributed by atoms with van der Waals surface area (Å²) in [6.45, 7) is 13.7. The first kappa shape index (κ1) is 33.4. The first-order chi connectivity index (χ1) is 20.4. The minimum Gasteiger partial charge on any atom is -0.379 e. The molecular formula is C35H47NO6. The van der Waals surface area contributed by atoms with Crippen LogP contribution in [0.25, 0.3) is 0 Å². The molecule has 1 amide bonds. The van der Waals surface area contributed by atoms with Crippen molar-refractivity contribution in [1.29, 1.82) is 0 Å². The molecule has 1 atom stereocenters. The van der Waals surface area contributed by atoms with Crippen LogP contribution in [0.15, 0.2) is 48.6 Å². The fourth-order valence-corrected chi connectivity index (χ4v) is 5.69. The lowest BCUT2D eigenvalue weighted by atomic mass is 9.94. The number of ether oxygens (including phenoxy) is 3. The largest absolute Gasteiger partial charge is 0.379 e. The van der Waals surface area contributed by atoms with Crippen LogP contribution in [0, 0.1) is 0 Å². The second-order valence-electron chi connectivity index (χ2n) is 10.9. The molecule has 0 aromatic heterocycles. The van der Waals surface area contributed by atoms with Gasteiger partial charge in [0.1, 0.15) is 6.29 Å². The predicted octanol–water partition coefficient (Wildman–Crippen LogP) is 5.95.